The van der Waals surface area contributed by atoms with Crippen LogP contribution >= 0.6 is 0 Å². The van der Waals surface area contributed by atoms with Gasteiger partial charge in [-0.15, -0.1) is 0 Å². The Morgan fingerprint density at radius 2 is 1.93 bits per heavy atom. The summed E-state index contributed by atoms with van der Waals surface area (Å²) in [5.74, 6) is 1.53. The molecule has 1 N–H and O–H groups in total. The van der Waals surface area contributed by atoms with Gasteiger partial charge in [0.05, 0.1) is 5.69 Å². The second kappa shape index (κ2) is 6.64. The van der Waals surface area contributed by atoms with Gasteiger partial charge in [0.2, 0.25) is 11.8 Å². The zero-order valence-corrected chi connectivity index (χ0v) is 15.4. The van der Waals surface area contributed by atoms with Gasteiger partial charge in [0.25, 0.3) is 0 Å². The summed E-state index contributed by atoms with van der Waals surface area (Å²) < 4.78 is 1.55. The lowest BCUT2D eigenvalue weighted by Crippen LogP contribution is -2.53. The molecule has 1 amide bonds. The third-order valence-electron chi connectivity index (χ3n) is 6.13. The minimum Gasteiger partial charge on any atom is -0.493 e. The molecule has 142 valence electrons. The highest BCUT2D eigenvalue weighted by Crippen LogP contribution is 2.34. The first-order chi connectivity index (χ1) is 13.2. The molecule has 1 unspecified atom stereocenters. The lowest BCUT2D eigenvalue weighted by Gasteiger charge is -2.40. The van der Waals surface area contributed by atoms with Gasteiger partial charge < -0.3 is 10.0 Å². The molecule has 1 saturated carbocycles. The van der Waals surface area contributed by atoms with Crippen LogP contribution in [0.3, 0.4) is 0 Å². The maximum absolute atomic E-state index is 12.2. The zero-order chi connectivity index (χ0) is 18.4. The molecule has 2 aromatic rings. The molecule has 2 fully saturated rings. The number of hydrogen-bond acceptors (Lipinski definition) is 5. The van der Waals surface area contributed by atoms with Gasteiger partial charge in [-0.2, -0.15) is 9.78 Å². The molecular weight excluding hydrogens is 342 g/mol. The largest absolute Gasteiger partial charge is 0.493 e. The Hall–Kier alpha value is -2.41. The fourth-order valence-electron chi connectivity index (χ4n) is 4.38. The smallest absolute Gasteiger partial charge is 0.225 e. The van der Waals surface area contributed by atoms with Crippen LogP contribution in [0, 0.1) is 5.92 Å². The summed E-state index contributed by atoms with van der Waals surface area (Å²) >= 11 is 0. The summed E-state index contributed by atoms with van der Waals surface area (Å²) in [6.45, 7) is 3.51. The normalized spacial score (nSPS) is 23.3. The van der Waals surface area contributed by atoms with E-state index in [1.807, 2.05) is 23.1 Å². The fraction of sp³-hybridized carbons (Fsp3) is 0.550. The van der Waals surface area contributed by atoms with Crippen molar-refractivity contribution in [3.8, 4) is 11.7 Å². The molecule has 1 saturated heterocycles. The highest BCUT2D eigenvalue weighted by atomic mass is 16.3. The molecule has 3 heterocycles. The molecule has 5 rings (SSSR count). The third kappa shape index (κ3) is 3.10. The summed E-state index contributed by atoms with van der Waals surface area (Å²) in [4.78, 5) is 21.1. The molecule has 3 aliphatic rings. The first-order valence-corrected chi connectivity index (χ1v) is 9.94. The van der Waals surface area contributed by atoms with Crippen LogP contribution in [0.15, 0.2) is 24.4 Å². The van der Waals surface area contributed by atoms with Gasteiger partial charge in [-0.25, -0.2) is 4.98 Å². The molecule has 7 heteroatoms. The number of carbonyl (C=O) groups excluding carboxylic acids is 1. The number of rotatable bonds is 3. The molecule has 1 aliphatic heterocycles. The van der Waals surface area contributed by atoms with Crippen LogP contribution in [0.2, 0.25) is 0 Å². The molecular formula is C20H25N5O2. The Bertz CT molecular complexity index is 838. The Kier molecular flexibility index (Phi) is 4.11. The van der Waals surface area contributed by atoms with E-state index in [9.17, 15) is 9.90 Å². The molecule has 2 aliphatic carbocycles. The van der Waals surface area contributed by atoms with Crippen molar-refractivity contribution < 1.29 is 9.90 Å². The van der Waals surface area contributed by atoms with E-state index in [-0.39, 0.29) is 5.88 Å². The van der Waals surface area contributed by atoms with E-state index in [4.69, 9.17) is 0 Å². The summed E-state index contributed by atoms with van der Waals surface area (Å²) in [6, 6.07) is 6.01. The average molecular weight is 367 g/mol. The van der Waals surface area contributed by atoms with E-state index in [1.165, 1.54) is 0 Å². The van der Waals surface area contributed by atoms with Crippen molar-refractivity contribution in [2.45, 2.75) is 38.1 Å². The minimum absolute atomic E-state index is 0.218. The van der Waals surface area contributed by atoms with Crippen molar-refractivity contribution in [1.29, 1.82) is 0 Å². The molecule has 0 bridgehead atoms. The van der Waals surface area contributed by atoms with E-state index < -0.39 is 0 Å². The molecule has 7 nitrogen and oxygen atoms in total. The molecule has 0 spiro atoms. The van der Waals surface area contributed by atoms with Gasteiger partial charge in [0.1, 0.15) is 0 Å². The molecule has 0 aromatic carbocycles. The number of carbonyl (C=O) groups is 1. The molecule has 27 heavy (non-hydrogen) atoms. The van der Waals surface area contributed by atoms with Crippen LogP contribution < -0.4 is 0 Å². The van der Waals surface area contributed by atoms with E-state index in [2.05, 4.69) is 15.0 Å². The van der Waals surface area contributed by atoms with Crippen LogP contribution in [0.1, 0.15) is 30.5 Å². The average Bonchev–Trinajstić information content (AvgIpc) is 3.52. The number of amides is 1. The third-order valence-corrected chi connectivity index (χ3v) is 6.13. The Labute approximate surface area is 158 Å². The summed E-state index contributed by atoms with van der Waals surface area (Å²) in [5.41, 5.74) is 1.94. The second-order valence-electron chi connectivity index (χ2n) is 7.88. The van der Waals surface area contributed by atoms with Gasteiger partial charge in [-0.1, -0.05) is 6.07 Å². The highest BCUT2D eigenvalue weighted by molar-refractivity contribution is 5.81. The van der Waals surface area contributed by atoms with Crippen molar-refractivity contribution >= 4 is 5.91 Å². The fourth-order valence-corrected chi connectivity index (χ4v) is 4.38. The van der Waals surface area contributed by atoms with Crippen molar-refractivity contribution in [3.63, 3.8) is 0 Å². The quantitative estimate of drug-likeness (QED) is 0.887. The topological polar surface area (TPSA) is 74.5 Å². The Morgan fingerprint density at radius 3 is 2.63 bits per heavy atom. The monoisotopic (exact) mass is 367 g/mol. The Morgan fingerprint density at radius 1 is 1.11 bits per heavy atom. The van der Waals surface area contributed by atoms with E-state index >= 15 is 0 Å². The predicted molar refractivity (Wildman–Crippen MR) is 99.7 cm³/mol. The summed E-state index contributed by atoms with van der Waals surface area (Å²) in [6.07, 6.45) is 6.58. The lowest BCUT2D eigenvalue weighted by atomic mass is 9.91. The maximum atomic E-state index is 12.2. The number of aryl methyl sites for hydroxylation is 1. The van der Waals surface area contributed by atoms with E-state index in [0.717, 1.165) is 69.5 Å². The van der Waals surface area contributed by atoms with Gasteiger partial charge >= 0.3 is 0 Å². The van der Waals surface area contributed by atoms with Crippen LogP contribution in [0.25, 0.3) is 5.82 Å². The van der Waals surface area contributed by atoms with Gasteiger partial charge in [-0.05, 0) is 44.2 Å². The van der Waals surface area contributed by atoms with E-state index in [1.54, 1.807) is 10.9 Å². The zero-order valence-electron chi connectivity index (χ0n) is 15.4. The SMILES string of the molecule is O=C(C1CC1)N1CCN(C2CCc3nn(-c4ccccn4)c(O)c3C2)CC1. The Balaban J connectivity index is 1.28. The molecule has 0 radical (unpaired) electrons. The first-order valence-electron chi connectivity index (χ1n) is 9.94. The van der Waals surface area contributed by atoms with Crippen molar-refractivity contribution in [1.82, 2.24) is 24.6 Å². The molecule has 2 aromatic heterocycles. The summed E-state index contributed by atoms with van der Waals surface area (Å²) in [5, 5.41) is 15.3. The van der Waals surface area contributed by atoms with Crippen LogP contribution in [-0.4, -0.2) is 67.8 Å². The predicted octanol–water partition coefficient (Wildman–Crippen LogP) is 1.38. The van der Waals surface area contributed by atoms with Crippen LogP contribution in [-0.2, 0) is 17.6 Å². The number of fused-ring (bicyclic) bond motifs is 1. The minimum atomic E-state index is 0.218. The summed E-state index contributed by atoms with van der Waals surface area (Å²) in [7, 11) is 0. The van der Waals surface area contributed by atoms with Gasteiger partial charge in [0.15, 0.2) is 5.82 Å². The highest BCUT2D eigenvalue weighted by Gasteiger charge is 2.36. The van der Waals surface area contributed by atoms with E-state index in [0.29, 0.717) is 23.7 Å². The number of piperazine rings is 1. The van der Waals surface area contributed by atoms with Crippen molar-refractivity contribution in [2.75, 3.05) is 26.2 Å². The van der Waals surface area contributed by atoms with Crippen molar-refractivity contribution in [3.05, 3.63) is 35.7 Å². The van der Waals surface area contributed by atoms with Gasteiger partial charge in [0, 0.05) is 49.9 Å². The lowest BCUT2D eigenvalue weighted by molar-refractivity contribution is -0.134. The van der Waals surface area contributed by atoms with Crippen LogP contribution in [0.5, 0.6) is 5.88 Å². The maximum Gasteiger partial charge on any atom is 0.225 e. The number of pyridine rings is 1. The van der Waals surface area contributed by atoms with Crippen LogP contribution in [0.4, 0.5) is 0 Å². The van der Waals surface area contributed by atoms with Crippen molar-refractivity contribution in [2.24, 2.45) is 5.92 Å². The number of aromatic hydroxyl groups is 1. The van der Waals surface area contributed by atoms with Gasteiger partial charge in [-0.3, -0.25) is 9.69 Å². The number of hydrogen-bond donors (Lipinski definition) is 1. The first kappa shape index (κ1) is 16.7. The number of aromatic nitrogens is 3. The standard InChI is InChI=1S/C20H25N5O2/c26-19(14-4-5-14)24-11-9-23(10-12-24)15-6-7-17-16(13-15)20(27)25(22-17)18-3-1-2-8-21-18/h1-3,8,14-15,27H,4-7,9-13H2. The molecule has 1 atom stereocenters. The second-order valence-corrected chi connectivity index (χ2v) is 7.88. The number of nitrogens with zero attached hydrogens (tertiary/aromatic N) is 5.